The average Bonchev–Trinajstić information content (AvgIpc) is 2.46. The zero-order chi connectivity index (χ0) is 15.0. The van der Waals surface area contributed by atoms with Gasteiger partial charge in [0.25, 0.3) is 0 Å². The number of hydrogen-bond donors (Lipinski definition) is 1. The van der Waals surface area contributed by atoms with Gasteiger partial charge in [0.15, 0.2) is 0 Å². The van der Waals surface area contributed by atoms with Gasteiger partial charge in [-0.05, 0) is 47.7 Å². The van der Waals surface area contributed by atoms with Gasteiger partial charge in [0.05, 0.1) is 11.6 Å². The summed E-state index contributed by atoms with van der Waals surface area (Å²) in [5.74, 6) is 0. The third kappa shape index (κ3) is 2.68. The van der Waals surface area contributed by atoms with Crippen molar-refractivity contribution in [2.75, 3.05) is 6.54 Å². The largest absolute Gasteiger partial charge is 0.416 e. The van der Waals surface area contributed by atoms with Crippen molar-refractivity contribution in [2.24, 2.45) is 0 Å². The maximum Gasteiger partial charge on any atom is 0.416 e. The minimum atomic E-state index is -4.29. The van der Waals surface area contributed by atoms with Crippen molar-refractivity contribution in [1.82, 2.24) is 5.32 Å². The summed E-state index contributed by atoms with van der Waals surface area (Å²) >= 11 is 0. The van der Waals surface area contributed by atoms with Gasteiger partial charge in [-0.3, -0.25) is 0 Å². The van der Waals surface area contributed by atoms with Crippen LogP contribution in [-0.2, 0) is 12.6 Å². The molecule has 0 radical (unpaired) electrons. The van der Waals surface area contributed by atoms with Crippen LogP contribution in [0.2, 0.25) is 0 Å². The molecule has 1 aliphatic rings. The molecule has 0 bridgehead atoms. The first kappa shape index (κ1) is 14.1. The number of fused-ring (bicyclic) bond motifs is 1. The van der Waals surface area contributed by atoms with Crippen LogP contribution in [0.15, 0.2) is 42.5 Å². The third-order valence-corrected chi connectivity index (χ3v) is 4.02. The van der Waals surface area contributed by atoms with Crippen molar-refractivity contribution >= 4 is 0 Å². The zero-order valence-corrected chi connectivity index (χ0v) is 11.7. The van der Waals surface area contributed by atoms with E-state index >= 15 is 0 Å². The smallest absolute Gasteiger partial charge is 0.306 e. The molecule has 0 fully saturated rings. The Morgan fingerprint density at radius 2 is 1.81 bits per heavy atom. The lowest BCUT2D eigenvalue weighted by molar-refractivity contribution is -0.137. The number of alkyl halides is 3. The lowest BCUT2D eigenvalue weighted by Crippen LogP contribution is -2.31. The highest BCUT2D eigenvalue weighted by molar-refractivity contribution is 5.43. The fourth-order valence-corrected chi connectivity index (χ4v) is 2.96. The van der Waals surface area contributed by atoms with Gasteiger partial charge in [-0.15, -0.1) is 0 Å². The monoisotopic (exact) mass is 291 g/mol. The first-order valence-corrected chi connectivity index (χ1v) is 6.96. The number of rotatable bonds is 1. The van der Waals surface area contributed by atoms with E-state index in [2.05, 4.69) is 11.4 Å². The number of nitrogens with one attached hydrogen (secondary N) is 1. The lowest BCUT2D eigenvalue weighted by Gasteiger charge is -2.28. The summed E-state index contributed by atoms with van der Waals surface area (Å²) in [4.78, 5) is 0. The van der Waals surface area contributed by atoms with E-state index in [1.807, 2.05) is 18.2 Å². The first-order valence-electron chi connectivity index (χ1n) is 6.96. The zero-order valence-electron chi connectivity index (χ0n) is 11.7. The number of aryl methyl sites for hydroxylation is 1. The number of hydrogen-bond acceptors (Lipinski definition) is 1. The van der Waals surface area contributed by atoms with Crippen LogP contribution >= 0.6 is 0 Å². The molecule has 2 aromatic rings. The fourth-order valence-electron chi connectivity index (χ4n) is 2.96. The summed E-state index contributed by atoms with van der Waals surface area (Å²) in [7, 11) is 0. The fraction of sp³-hybridized carbons (Fsp3) is 0.294. The van der Waals surface area contributed by atoms with Crippen molar-refractivity contribution in [3.05, 3.63) is 70.3 Å². The summed E-state index contributed by atoms with van der Waals surface area (Å²) in [6.45, 7) is 2.58. The second-order valence-electron chi connectivity index (χ2n) is 5.41. The van der Waals surface area contributed by atoms with Gasteiger partial charge in [0, 0.05) is 6.54 Å². The summed E-state index contributed by atoms with van der Waals surface area (Å²) in [5, 5.41) is 3.41. The number of halogens is 3. The molecule has 0 amide bonds. The van der Waals surface area contributed by atoms with Crippen LogP contribution in [-0.4, -0.2) is 6.54 Å². The van der Waals surface area contributed by atoms with Gasteiger partial charge >= 0.3 is 6.18 Å². The Balaban J connectivity index is 2.03. The molecular formula is C17H16F3N. The van der Waals surface area contributed by atoms with Gasteiger partial charge in [-0.25, -0.2) is 0 Å². The molecule has 4 heteroatoms. The summed E-state index contributed by atoms with van der Waals surface area (Å²) in [6.07, 6.45) is -3.34. The lowest BCUT2D eigenvalue weighted by atomic mass is 9.87. The van der Waals surface area contributed by atoms with Crippen LogP contribution in [0.1, 0.15) is 33.9 Å². The van der Waals surface area contributed by atoms with E-state index in [0.29, 0.717) is 5.56 Å². The van der Waals surface area contributed by atoms with E-state index in [4.69, 9.17) is 0 Å². The van der Waals surface area contributed by atoms with Crippen molar-refractivity contribution in [3.63, 3.8) is 0 Å². The Kier molecular flexibility index (Phi) is 3.49. The summed E-state index contributed by atoms with van der Waals surface area (Å²) in [6, 6.07) is 12.1. The SMILES string of the molecule is Cc1cc(C(F)(F)F)ccc1C1NCCc2ccccc21. The van der Waals surface area contributed by atoms with Crippen LogP contribution in [0.5, 0.6) is 0 Å². The standard InChI is InChI=1S/C17H16F3N/c1-11-10-13(17(18,19)20)6-7-14(11)16-15-5-3-2-4-12(15)8-9-21-16/h2-7,10,16,21H,8-9H2,1H3. The topological polar surface area (TPSA) is 12.0 Å². The molecule has 1 unspecified atom stereocenters. The maximum atomic E-state index is 12.8. The molecule has 1 nitrogen and oxygen atoms in total. The molecule has 21 heavy (non-hydrogen) atoms. The van der Waals surface area contributed by atoms with E-state index in [1.165, 1.54) is 17.7 Å². The summed E-state index contributed by atoms with van der Waals surface area (Å²) in [5.41, 5.74) is 3.41. The van der Waals surface area contributed by atoms with E-state index in [0.717, 1.165) is 24.1 Å². The number of benzene rings is 2. The Morgan fingerprint density at radius 1 is 1.05 bits per heavy atom. The second-order valence-corrected chi connectivity index (χ2v) is 5.41. The van der Waals surface area contributed by atoms with Crippen molar-refractivity contribution in [3.8, 4) is 0 Å². The predicted molar refractivity (Wildman–Crippen MR) is 76.2 cm³/mol. The molecule has 1 heterocycles. The minimum Gasteiger partial charge on any atom is -0.306 e. The molecule has 0 spiro atoms. The molecular weight excluding hydrogens is 275 g/mol. The van der Waals surface area contributed by atoms with Gasteiger partial charge in [-0.1, -0.05) is 30.3 Å². The highest BCUT2D eigenvalue weighted by Crippen LogP contribution is 2.34. The van der Waals surface area contributed by atoms with Gasteiger partial charge in [0.2, 0.25) is 0 Å². The van der Waals surface area contributed by atoms with E-state index in [9.17, 15) is 13.2 Å². The molecule has 1 atom stereocenters. The molecule has 2 aromatic carbocycles. The molecule has 0 saturated carbocycles. The summed E-state index contributed by atoms with van der Waals surface area (Å²) < 4.78 is 38.3. The van der Waals surface area contributed by atoms with Crippen molar-refractivity contribution in [2.45, 2.75) is 25.6 Å². The molecule has 3 rings (SSSR count). The highest BCUT2D eigenvalue weighted by Gasteiger charge is 2.31. The Hall–Kier alpha value is -1.81. The molecule has 110 valence electrons. The Bertz CT molecular complexity index is 661. The van der Waals surface area contributed by atoms with Crippen LogP contribution in [0.3, 0.4) is 0 Å². The van der Waals surface area contributed by atoms with Gasteiger partial charge in [0.1, 0.15) is 0 Å². The molecule has 0 aromatic heterocycles. The quantitative estimate of drug-likeness (QED) is 0.828. The van der Waals surface area contributed by atoms with Crippen LogP contribution in [0.25, 0.3) is 0 Å². The van der Waals surface area contributed by atoms with Crippen LogP contribution < -0.4 is 5.32 Å². The Labute approximate surface area is 121 Å². The predicted octanol–water partition coefficient (Wildman–Crippen LogP) is 4.25. The molecule has 1 N–H and O–H groups in total. The third-order valence-electron chi connectivity index (χ3n) is 4.02. The van der Waals surface area contributed by atoms with Crippen molar-refractivity contribution < 1.29 is 13.2 Å². The van der Waals surface area contributed by atoms with Crippen molar-refractivity contribution in [1.29, 1.82) is 0 Å². The second kappa shape index (κ2) is 5.19. The molecule has 0 aliphatic carbocycles. The highest BCUT2D eigenvalue weighted by atomic mass is 19.4. The first-order chi connectivity index (χ1) is 9.97. The van der Waals surface area contributed by atoms with E-state index in [-0.39, 0.29) is 6.04 Å². The maximum absolute atomic E-state index is 12.8. The van der Waals surface area contributed by atoms with E-state index in [1.54, 1.807) is 13.0 Å². The Morgan fingerprint density at radius 3 is 2.52 bits per heavy atom. The minimum absolute atomic E-state index is 0.0303. The van der Waals surface area contributed by atoms with Gasteiger partial charge < -0.3 is 5.32 Å². The average molecular weight is 291 g/mol. The van der Waals surface area contributed by atoms with Crippen LogP contribution in [0, 0.1) is 6.92 Å². The van der Waals surface area contributed by atoms with Gasteiger partial charge in [-0.2, -0.15) is 13.2 Å². The normalized spacial score (nSPS) is 18.4. The van der Waals surface area contributed by atoms with Crippen LogP contribution in [0.4, 0.5) is 13.2 Å². The molecule has 1 aliphatic heterocycles. The van der Waals surface area contributed by atoms with E-state index < -0.39 is 11.7 Å². The molecule has 0 saturated heterocycles.